The highest BCUT2D eigenvalue weighted by Crippen LogP contribution is 2.29. The number of hydrazone groups is 1. The number of amides is 2. The lowest BCUT2D eigenvalue weighted by Crippen LogP contribution is -2.30. The topological polar surface area (TPSA) is 164 Å². The Morgan fingerprint density at radius 1 is 1.22 bits per heavy atom. The second-order valence-electron chi connectivity index (χ2n) is 9.39. The van der Waals surface area contributed by atoms with Gasteiger partial charge in [0.15, 0.2) is 0 Å². The van der Waals surface area contributed by atoms with Gasteiger partial charge in [0.1, 0.15) is 12.2 Å². The molecular formula is C29H33ClN8O3. The number of nitrogens with zero attached hydrogens (tertiary/aromatic N) is 3. The third-order valence-corrected chi connectivity index (χ3v) is 6.78. The van der Waals surface area contributed by atoms with Crippen molar-refractivity contribution in [3.05, 3.63) is 82.8 Å². The number of carbonyl (C=O) groups excluding carboxylic acids is 2. The normalized spacial score (nSPS) is 16.2. The lowest BCUT2D eigenvalue weighted by atomic mass is 9.98. The Bertz CT molecular complexity index is 1470. The molecule has 0 unspecified atom stereocenters. The van der Waals surface area contributed by atoms with Crippen LogP contribution >= 0.6 is 11.6 Å². The first-order chi connectivity index (χ1) is 19.9. The number of H-pyrrole nitrogens is 1. The van der Waals surface area contributed by atoms with E-state index in [1.54, 1.807) is 30.5 Å². The fraction of sp³-hybridized carbons (Fsp3) is 0.241. The molecule has 11 nitrogen and oxygen atoms in total. The molecule has 0 fully saturated rings. The Kier molecular flexibility index (Phi) is 10.1. The number of imidazole rings is 1. The SMILES string of the molecule is COC(=O)Nc1ccc2c(c1)CCCC/C=C\C[C@H](NC(=O)/C=C/c1cc(Cl)ccc1N(N)/C=N\N)c1ncc-2[nH]1. The molecule has 1 aliphatic rings. The molecule has 1 aromatic heterocycles. The molecule has 41 heavy (non-hydrogen) atoms. The van der Waals surface area contributed by atoms with Gasteiger partial charge in [-0.25, -0.2) is 15.6 Å². The molecule has 1 atom stereocenters. The fourth-order valence-corrected chi connectivity index (χ4v) is 4.72. The van der Waals surface area contributed by atoms with Crippen LogP contribution in [-0.4, -0.2) is 35.4 Å². The molecule has 0 saturated heterocycles. The number of anilines is 2. The Morgan fingerprint density at radius 3 is 2.88 bits per heavy atom. The second-order valence-corrected chi connectivity index (χ2v) is 9.83. The zero-order valence-electron chi connectivity index (χ0n) is 22.6. The highest BCUT2D eigenvalue weighted by atomic mass is 35.5. The summed E-state index contributed by atoms with van der Waals surface area (Å²) in [6.07, 6.45) is 14.0. The van der Waals surface area contributed by atoms with Gasteiger partial charge in [0, 0.05) is 27.9 Å². The van der Waals surface area contributed by atoms with E-state index in [1.165, 1.54) is 24.5 Å². The Morgan fingerprint density at radius 2 is 2.07 bits per heavy atom. The Hall–Kier alpha value is -4.61. The van der Waals surface area contributed by atoms with E-state index in [9.17, 15) is 9.59 Å². The quantitative estimate of drug-likeness (QED) is 0.0685. The van der Waals surface area contributed by atoms with E-state index >= 15 is 0 Å². The van der Waals surface area contributed by atoms with Gasteiger partial charge in [0.25, 0.3) is 0 Å². The van der Waals surface area contributed by atoms with E-state index in [0.717, 1.165) is 42.5 Å². The monoisotopic (exact) mass is 576 g/mol. The van der Waals surface area contributed by atoms with Gasteiger partial charge in [-0.3, -0.25) is 15.1 Å². The predicted octanol–water partition coefficient (Wildman–Crippen LogP) is 5.03. The molecular weight excluding hydrogens is 544 g/mol. The van der Waals surface area contributed by atoms with Gasteiger partial charge in [0.2, 0.25) is 5.91 Å². The number of rotatable bonds is 6. The number of fused-ring (bicyclic) bond motifs is 4. The van der Waals surface area contributed by atoms with Crippen molar-refractivity contribution in [2.75, 3.05) is 17.4 Å². The van der Waals surface area contributed by atoms with Crippen LogP contribution in [0.15, 0.2) is 65.9 Å². The summed E-state index contributed by atoms with van der Waals surface area (Å²) in [6, 6.07) is 10.4. The smallest absolute Gasteiger partial charge is 0.411 e. The van der Waals surface area contributed by atoms with Crippen molar-refractivity contribution >= 4 is 47.4 Å². The molecule has 214 valence electrons. The van der Waals surface area contributed by atoms with Crippen molar-refractivity contribution in [3.8, 4) is 11.3 Å². The number of ether oxygens (including phenoxy) is 1. The van der Waals surface area contributed by atoms with E-state index < -0.39 is 12.1 Å². The largest absolute Gasteiger partial charge is 0.453 e. The van der Waals surface area contributed by atoms with Gasteiger partial charge < -0.3 is 20.9 Å². The van der Waals surface area contributed by atoms with Crippen LogP contribution in [0.4, 0.5) is 16.2 Å². The molecule has 0 saturated carbocycles. The Labute approximate surface area is 243 Å². The molecule has 1 aliphatic heterocycles. The maximum absolute atomic E-state index is 13.0. The molecule has 4 rings (SSSR count). The third-order valence-electron chi connectivity index (χ3n) is 6.55. The van der Waals surface area contributed by atoms with E-state index in [-0.39, 0.29) is 5.91 Å². The van der Waals surface area contributed by atoms with Gasteiger partial charge in [-0.15, -0.1) is 0 Å². The number of hydrogen-bond acceptors (Lipinski definition) is 7. The summed E-state index contributed by atoms with van der Waals surface area (Å²) < 4.78 is 4.73. The standard InChI is InChI=1S/C29H33ClN8O3/c1-41-29(40)35-22-11-12-23-19(16-22)7-5-3-2-4-6-8-24(28-33-17-25(23)37-28)36-27(39)14-9-20-15-21(30)10-13-26(20)38(32)18-34-31/h4,6,9-18,24H,2-3,5,7-8,31-32H2,1H3,(H,33,37)(H,35,40)(H,36,39)/b6-4-,14-9+,34-18-/t24-/m0/s1. The molecule has 0 aliphatic carbocycles. The number of aromatic nitrogens is 2. The molecule has 2 heterocycles. The maximum atomic E-state index is 13.0. The summed E-state index contributed by atoms with van der Waals surface area (Å²) >= 11 is 6.17. The average Bonchev–Trinajstić information content (AvgIpc) is 3.45. The van der Waals surface area contributed by atoms with Crippen LogP contribution in [0.1, 0.15) is 48.7 Å². The van der Waals surface area contributed by atoms with E-state index in [1.807, 2.05) is 18.2 Å². The van der Waals surface area contributed by atoms with Crippen molar-refractivity contribution in [1.82, 2.24) is 15.3 Å². The summed E-state index contributed by atoms with van der Waals surface area (Å²) in [7, 11) is 1.33. The van der Waals surface area contributed by atoms with Crippen LogP contribution in [0.5, 0.6) is 0 Å². The summed E-state index contributed by atoms with van der Waals surface area (Å²) in [5.74, 6) is 11.5. The number of hydrogen-bond donors (Lipinski definition) is 5. The third kappa shape index (κ3) is 7.96. The number of nitrogens with one attached hydrogen (secondary N) is 3. The maximum Gasteiger partial charge on any atom is 0.411 e. The first-order valence-corrected chi connectivity index (χ1v) is 13.5. The Balaban J connectivity index is 1.58. The van der Waals surface area contributed by atoms with Crippen molar-refractivity contribution in [2.45, 2.75) is 38.1 Å². The minimum absolute atomic E-state index is 0.313. The summed E-state index contributed by atoms with van der Waals surface area (Å²) in [5.41, 5.74) is 4.72. The fourth-order valence-electron chi connectivity index (χ4n) is 4.54. The molecule has 2 aromatic carbocycles. The van der Waals surface area contributed by atoms with Crippen LogP contribution in [-0.2, 0) is 16.0 Å². The highest BCUT2D eigenvalue weighted by molar-refractivity contribution is 6.30. The molecule has 0 radical (unpaired) electrons. The summed E-state index contributed by atoms with van der Waals surface area (Å²) in [6.45, 7) is 0. The number of halogens is 1. The first kappa shape index (κ1) is 29.4. The molecule has 3 aromatic rings. The van der Waals surface area contributed by atoms with Gasteiger partial charge >= 0.3 is 6.09 Å². The molecule has 2 amide bonds. The minimum atomic E-state index is -0.521. The van der Waals surface area contributed by atoms with Crippen molar-refractivity contribution in [3.63, 3.8) is 0 Å². The lowest BCUT2D eigenvalue weighted by Gasteiger charge is -2.16. The minimum Gasteiger partial charge on any atom is -0.453 e. The average molecular weight is 577 g/mol. The number of aromatic amines is 1. The number of benzene rings is 2. The number of allylic oxidation sites excluding steroid dienone is 1. The number of nitrogens with two attached hydrogens (primary N) is 2. The molecule has 2 bridgehead atoms. The van der Waals surface area contributed by atoms with Crippen LogP contribution in [0, 0.1) is 0 Å². The molecule has 7 N–H and O–H groups in total. The predicted molar refractivity (Wildman–Crippen MR) is 162 cm³/mol. The van der Waals surface area contributed by atoms with Gasteiger partial charge in [0.05, 0.1) is 30.7 Å². The van der Waals surface area contributed by atoms with Crippen LogP contribution < -0.4 is 27.3 Å². The molecule has 0 spiro atoms. The van der Waals surface area contributed by atoms with Gasteiger partial charge in [-0.05, 0) is 74.1 Å². The van der Waals surface area contributed by atoms with E-state index in [4.69, 9.17) is 28.0 Å². The second kappa shape index (κ2) is 14.1. The number of carbonyl (C=O) groups is 2. The molecule has 12 heteroatoms. The van der Waals surface area contributed by atoms with E-state index in [0.29, 0.717) is 34.2 Å². The van der Waals surface area contributed by atoms with Crippen LogP contribution in [0.2, 0.25) is 5.02 Å². The van der Waals surface area contributed by atoms with Gasteiger partial charge in [-0.1, -0.05) is 29.8 Å². The number of hydrazine groups is 1. The first-order valence-electron chi connectivity index (χ1n) is 13.1. The number of aryl methyl sites for hydroxylation is 1. The lowest BCUT2D eigenvalue weighted by molar-refractivity contribution is -0.117. The zero-order chi connectivity index (χ0) is 29.2. The van der Waals surface area contributed by atoms with Gasteiger partial charge in [-0.2, -0.15) is 5.10 Å². The highest BCUT2D eigenvalue weighted by Gasteiger charge is 2.18. The van der Waals surface area contributed by atoms with Crippen molar-refractivity contribution in [2.24, 2.45) is 16.8 Å². The summed E-state index contributed by atoms with van der Waals surface area (Å²) in [4.78, 5) is 32.8. The van der Waals surface area contributed by atoms with Crippen molar-refractivity contribution in [1.29, 1.82) is 0 Å². The van der Waals surface area contributed by atoms with E-state index in [2.05, 4.69) is 37.9 Å². The van der Waals surface area contributed by atoms with Crippen LogP contribution in [0.3, 0.4) is 0 Å². The van der Waals surface area contributed by atoms with Crippen LogP contribution in [0.25, 0.3) is 17.3 Å². The van der Waals surface area contributed by atoms with Crippen molar-refractivity contribution < 1.29 is 14.3 Å². The summed E-state index contributed by atoms with van der Waals surface area (Å²) in [5, 5.41) is 10.9. The number of methoxy groups -OCH3 is 1. The zero-order valence-corrected chi connectivity index (χ0v) is 23.4.